The number of benzene rings is 1. The number of nitrogens with zero attached hydrogens (tertiary/aromatic N) is 3. The number of hydrogen-bond donors (Lipinski definition) is 3. The average Bonchev–Trinajstić information content (AvgIpc) is 3.13. The third-order valence-electron chi connectivity index (χ3n) is 5.04. The molecule has 3 aromatic rings. The minimum absolute atomic E-state index is 0.212. The standard InChI is InChI=1S/C22H29N5O3/c1-4-30-21(29)18-11-17-19(12-24-18)27(14-25-17)9-8-22(2,3)26-13-20(28)15-6-5-7-16(23)10-15/h5-7,10-12,14,20,26,28H,4,8-9,13,23H2,1-3H3. The number of esters is 1. The monoisotopic (exact) mass is 411 g/mol. The van der Waals surface area contributed by atoms with Crippen LogP contribution in [0.15, 0.2) is 42.9 Å². The van der Waals surface area contributed by atoms with Crippen molar-refractivity contribution in [2.24, 2.45) is 0 Å². The van der Waals surface area contributed by atoms with Gasteiger partial charge in [0.15, 0.2) is 5.69 Å². The van der Waals surface area contributed by atoms with Gasteiger partial charge in [0.2, 0.25) is 0 Å². The molecule has 1 atom stereocenters. The number of aliphatic hydroxyl groups excluding tert-OH is 1. The maximum atomic E-state index is 11.8. The Morgan fingerprint density at radius 2 is 2.13 bits per heavy atom. The second-order valence-corrected chi connectivity index (χ2v) is 7.92. The van der Waals surface area contributed by atoms with Crippen LogP contribution in [0.4, 0.5) is 5.69 Å². The first-order valence-corrected chi connectivity index (χ1v) is 10.1. The minimum Gasteiger partial charge on any atom is -0.461 e. The van der Waals surface area contributed by atoms with Gasteiger partial charge >= 0.3 is 5.97 Å². The molecular formula is C22H29N5O3. The van der Waals surface area contributed by atoms with E-state index in [1.807, 2.05) is 16.7 Å². The van der Waals surface area contributed by atoms with Crippen LogP contribution in [0.5, 0.6) is 0 Å². The van der Waals surface area contributed by atoms with Gasteiger partial charge in [-0.25, -0.2) is 14.8 Å². The number of rotatable bonds is 9. The predicted molar refractivity (Wildman–Crippen MR) is 116 cm³/mol. The van der Waals surface area contributed by atoms with E-state index in [-0.39, 0.29) is 11.2 Å². The summed E-state index contributed by atoms with van der Waals surface area (Å²) >= 11 is 0. The number of imidazole rings is 1. The van der Waals surface area contributed by atoms with Crippen molar-refractivity contribution in [3.8, 4) is 0 Å². The summed E-state index contributed by atoms with van der Waals surface area (Å²) < 4.78 is 7.00. The predicted octanol–water partition coefficient (Wildman–Crippen LogP) is 2.68. The fraction of sp³-hybridized carbons (Fsp3) is 0.409. The zero-order valence-corrected chi connectivity index (χ0v) is 17.6. The number of aliphatic hydroxyl groups is 1. The molecule has 160 valence electrons. The molecule has 1 aromatic carbocycles. The lowest BCUT2D eigenvalue weighted by molar-refractivity contribution is 0.0519. The molecule has 8 nitrogen and oxygen atoms in total. The zero-order chi connectivity index (χ0) is 21.7. The van der Waals surface area contributed by atoms with Gasteiger partial charge in [-0.2, -0.15) is 0 Å². The Labute approximate surface area is 176 Å². The molecule has 2 aromatic heterocycles. The van der Waals surface area contributed by atoms with Gasteiger partial charge in [-0.3, -0.25) is 0 Å². The lowest BCUT2D eigenvalue weighted by Crippen LogP contribution is -2.42. The van der Waals surface area contributed by atoms with Crippen molar-refractivity contribution < 1.29 is 14.6 Å². The maximum Gasteiger partial charge on any atom is 0.356 e. The van der Waals surface area contributed by atoms with E-state index in [2.05, 4.69) is 29.1 Å². The van der Waals surface area contributed by atoms with Crippen LogP contribution in [0.1, 0.15) is 49.3 Å². The molecule has 0 aliphatic carbocycles. The van der Waals surface area contributed by atoms with Crippen molar-refractivity contribution in [1.29, 1.82) is 0 Å². The molecule has 0 radical (unpaired) electrons. The van der Waals surface area contributed by atoms with Gasteiger partial charge in [-0.05, 0) is 51.0 Å². The van der Waals surface area contributed by atoms with E-state index in [1.54, 1.807) is 37.6 Å². The van der Waals surface area contributed by atoms with Crippen LogP contribution in [0.2, 0.25) is 0 Å². The molecule has 1 unspecified atom stereocenters. The number of carbonyl (C=O) groups is 1. The van der Waals surface area contributed by atoms with Crippen LogP contribution in [-0.2, 0) is 11.3 Å². The van der Waals surface area contributed by atoms with E-state index in [4.69, 9.17) is 10.5 Å². The molecule has 2 heterocycles. The third-order valence-corrected chi connectivity index (χ3v) is 5.04. The van der Waals surface area contributed by atoms with E-state index in [0.717, 1.165) is 17.5 Å². The lowest BCUT2D eigenvalue weighted by Gasteiger charge is -2.28. The Kier molecular flexibility index (Phi) is 6.69. The van der Waals surface area contributed by atoms with Gasteiger partial charge < -0.3 is 25.5 Å². The second-order valence-electron chi connectivity index (χ2n) is 7.92. The minimum atomic E-state index is -0.632. The Morgan fingerprint density at radius 1 is 1.33 bits per heavy atom. The lowest BCUT2D eigenvalue weighted by atomic mass is 9.99. The van der Waals surface area contributed by atoms with Crippen LogP contribution < -0.4 is 11.1 Å². The highest BCUT2D eigenvalue weighted by Crippen LogP contribution is 2.19. The summed E-state index contributed by atoms with van der Waals surface area (Å²) in [6.45, 7) is 7.39. The number of pyridine rings is 1. The van der Waals surface area contributed by atoms with E-state index in [1.165, 1.54) is 0 Å². The summed E-state index contributed by atoms with van der Waals surface area (Å²) in [6, 6.07) is 8.94. The van der Waals surface area contributed by atoms with Crippen molar-refractivity contribution in [3.05, 3.63) is 54.1 Å². The van der Waals surface area contributed by atoms with Gasteiger partial charge in [-0.1, -0.05) is 12.1 Å². The second kappa shape index (κ2) is 9.23. The maximum absolute atomic E-state index is 11.8. The van der Waals surface area contributed by atoms with Crippen LogP contribution in [0.3, 0.4) is 0 Å². The van der Waals surface area contributed by atoms with Gasteiger partial charge in [0.05, 0.1) is 36.3 Å². The summed E-state index contributed by atoms with van der Waals surface area (Å²) in [4.78, 5) is 20.4. The largest absolute Gasteiger partial charge is 0.461 e. The molecule has 4 N–H and O–H groups in total. The highest BCUT2D eigenvalue weighted by Gasteiger charge is 2.20. The highest BCUT2D eigenvalue weighted by molar-refractivity contribution is 5.91. The first kappa shape index (κ1) is 21.7. The number of carbonyl (C=O) groups excluding carboxylic acids is 1. The Morgan fingerprint density at radius 3 is 2.87 bits per heavy atom. The normalized spacial score (nSPS) is 12.8. The Balaban J connectivity index is 1.59. The van der Waals surface area contributed by atoms with Gasteiger partial charge in [-0.15, -0.1) is 0 Å². The fourth-order valence-corrected chi connectivity index (χ4v) is 3.20. The summed E-state index contributed by atoms with van der Waals surface area (Å²) in [7, 11) is 0. The number of anilines is 1. The van der Waals surface area contributed by atoms with Gasteiger partial charge in [0.1, 0.15) is 0 Å². The van der Waals surface area contributed by atoms with E-state index >= 15 is 0 Å². The quantitative estimate of drug-likeness (QED) is 0.366. The molecule has 0 aliphatic rings. The molecule has 8 heteroatoms. The molecule has 0 fully saturated rings. The molecule has 3 rings (SSSR count). The smallest absolute Gasteiger partial charge is 0.356 e. The molecular weight excluding hydrogens is 382 g/mol. The SMILES string of the molecule is CCOC(=O)c1cc2ncn(CCC(C)(C)NCC(O)c3cccc(N)c3)c2cn1. The van der Waals surface area contributed by atoms with Gasteiger partial charge in [0.25, 0.3) is 0 Å². The number of aryl methyl sites for hydroxylation is 1. The third kappa shape index (κ3) is 5.34. The summed E-state index contributed by atoms with van der Waals surface area (Å²) in [5.74, 6) is -0.446. The zero-order valence-electron chi connectivity index (χ0n) is 17.6. The molecule has 30 heavy (non-hydrogen) atoms. The molecule has 0 spiro atoms. The Hall–Kier alpha value is -2.97. The fourth-order valence-electron chi connectivity index (χ4n) is 3.20. The number of fused-ring (bicyclic) bond motifs is 1. The van der Waals surface area contributed by atoms with Crippen molar-refractivity contribution in [2.45, 2.75) is 45.4 Å². The molecule has 0 saturated carbocycles. The van der Waals surface area contributed by atoms with Crippen molar-refractivity contribution in [2.75, 3.05) is 18.9 Å². The first-order valence-electron chi connectivity index (χ1n) is 10.1. The first-order chi connectivity index (χ1) is 14.3. The van der Waals surface area contributed by atoms with E-state index in [9.17, 15) is 9.90 Å². The van der Waals surface area contributed by atoms with Gasteiger partial charge in [0, 0.05) is 24.3 Å². The summed E-state index contributed by atoms with van der Waals surface area (Å²) in [5.41, 5.74) is 8.83. The van der Waals surface area contributed by atoms with Crippen molar-refractivity contribution in [1.82, 2.24) is 19.9 Å². The molecule has 0 saturated heterocycles. The molecule has 0 aliphatic heterocycles. The number of aromatic nitrogens is 3. The van der Waals surface area contributed by atoms with Crippen LogP contribution >= 0.6 is 0 Å². The summed E-state index contributed by atoms with van der Waals surface area (Å²) in [5, 5.41) is 13.9. The highest BCUT2D eigenvalue weighted by atomic mass is 16.5. The molecule has 0 amide bonds. The number of nitrogen functional groups attached to an aromatic ring is 1. The van der Waals surface area contributed by atoms with E-state index in [0.29, 0.717) is 30.9 Å². The number of ether oxygens (including phenoxy) is 1. The Bertz CT molecular complexity index is 1010. The number of β-amino-alcohol motifs (C(OH)–C–C–N with tert-alkyl or cyclic N) is 1. The topological polar surface area (TPSA) is 115 Å². The van der Waals surface area contributed by atoms with Crippen molar-refractivity contribution in [3.63, 3.8) is 0 Å². The molecule has 0 bridgehead atoms. The average molecular weight is 412 g/mol. The van der Waals surface area contributed by atoms with E-state index < -0.39 is 12.1 Å². The number of nitrogens with two attached hydrogens (primary N) is 1. The van der Waals surface area contributed by atoms with Crippen LogP contribution in [0, 0.1) is 0 Å². The summed E-state index contributed by atoms with van der Waals surface area (Å²) in [6.07, 6.45) is 3.58. The van der Waals surface area contributed by atoms with Crippen LogP contribution in [0.25, 0.3) is 11.0 Å². The number of hydrogen-bond acceptors (Lipinski definition) is 7. The van der Waals surface area contributed by atoms with Crippen molar-refractivity contribution >= 4 is 22.7 Å². The number of nitrogens with one attached hydrogen (secondary N) is 1. The van der Waals surface area contributed by atoms with Crippen LogP contribution in [-0.4, -0.2) is 44.3 Å².